The van der Waals surface area contributed by atoms with Gasteiger partial charge in [-0.25, -0.2) is 0 Å². The Labute approximate surface area is 300 Å². The first kappa shape index (κ1) is 28.9. The highest BCUT2D eigenvalue weighted by atomic mass is 15.0. The minimum absolute atomic E-state index is 1.05. The van der Waals surface area contributed by atoms with Crippen LogP contribution in [0.2, 0.25) is 0 Å². The summed E-state index contributed by atoms with van der Waals surface area (Å²) in [4.78, 5) is 0. The van der Waals surface area contributed by atoms with Crippen molar-refractivity contribution in [1.29, 1.82) is 0 Å². The van der Waals surface area contributed by atoms with Gasteiger partial charge in [-0.3, -0.25) is 0 Å². The van der Waals surface area contributed by atoms with E-state index >= 15 is 0 Å². The molecule has 0 spiro atoms. The molecule has 1 aliphatic rings. The predicted molar refractivity (Wildman–Crippen MR) is 220 cm³/mol. The molecular weight excluding hydrogens is 631 g/mol. The highest BCUT2D eigenvalue weighted by molar-refractivity contribution is 6.22. The van der Waals surface area contributed by atoms with Crippen molar-refractivity contribution in [2.24, 2.45) is 5.73 Å². The summed E-state index contributed by atoms with van der Waals surface area (Å²) in [6.45, 7) is 2.21. The van der Waals surface area contributed by atoms with E-state index in [1.54, 1.807) is 6.20 Å². The van der Waals surface area contributed by atoms with Gasteiger partial charge in [0.05, 0.1) is 22.1 Å². The van der Waals surface area contributed by atoms with E-state index < -0.39 is 0 Å². The monoisotopic (exact) mass is 663 g/mol. The summed E-state index contributed by atoms with van der Waals surface area (Å²) < 4.78 is 4.81. The van der Waals surface area contributed by atoms with Crippen LogP contribution in [0, 0.1) is 0 Å². The first-order valence-corrected chi connectivity index (χ1v) is 17.9. The van der Waals surface area contributed by atoms with Gasteiger partial charge in [-0.2, -0.15) is 0 Å². The van der Waals surface area contributed by atoms with Gasteiger partial charge in [0.2, 0.25) is 0 Å². The van der Waals surface area contributed by atoms with Gasteiger partial charge in [0, 0.05) is 44.3 Å². The largest absolute Gasteiger partial charge is 0.404 e. The number of rotatable bonds is 3. The number of aromatic nitrogens is 2. The number of benzene rings is 8. The van der Waals surface area contributed by atoms with Crippen LogP contribution >= 0.6 is 0 Å². The van der Waals surface area contributed by atoms with Crippen LogP contribution in [0.25, 0.3) is 99.8 Å². The molecule has 1 aliphatic carbocycles. The summed E-state index contributed by atoms with van der Waals surface area (Å²) in [5.74, 6) is 0. The number of fused-ring (bicyclic) bond motifs is 11. The van der Waals surface area contributed by atoms with Crippen LogP contribution in [0.15, 0.2) is 164 Å². The lowest BCUT2D eigenvalue weighted by Gasteiger charge is -2.11. The summed E-state index contributed by atoms with van der Waals surface area (Å²) in [5, 5.41) is 9.77. The Hall–Kier alpha value is -6.84. The van der Waals surface area contributed by atoms with Crippen molar-refractivity contribution in [3.05, 3.63) is 180 Å². The highest BCUT2D eigenvalue weighted by Gasteiger charge is 2.21. The molecule has 0 unspecified atom stereocenters. The predicted octanol–water partition coefficient (Wildman–Crippen LogP) is 10.6. The maximum atomic E-state index is 6.39. The Morgan fingerprint density at radius 3 is 1.87 bits per heavy atom. The average molecular weight is 664 g/mol. The van der Waals surface area contributed by atoms with E-state index in [0.717, 1.165) is 10.9 Å². The van der Waals surface area contributed by atoms with Gasteiger partial charge in [0.1, 0.15) is 0 Å². The number of hydrogen-bond donors (Lipinski definition) is 1. The molecule has 2 heterocycles. The molecule has 10 aromatic rings. The van der Waals surface area contributed by atoms with Crippen LogP contribution in [0.4, 0.5) is 0 Å². The van der Waals surface area contributed by atoms with Gasteiger partial charge in [-0.1, -0.05) is 103 Å². The van der Waals surface area contributed by atoms with Gasteiger partial charge in [-0.05, 0) is 117 Å². The molecule has 11 rings (SSSR count). The van der Waals surface area contributed by atoms with Gasteiger partial charge < -0.3 is 14.9 Å². The second-order valence-electron chi connectivity index (χ2n) is 14.0. The second-order valence-corrected chi connectivity index (χ2v) is 14.0. The Kier molecular flexibility index (Phi) is 6.03. The number of para-hydroxylation sites is 2. The minimum Gasteiger partial charge on any atom is -0.404 e. The molecule has 8 aromatic carbocycles. The Bertz CT molecular complexity index is 3250. The van der Waals surface area contributed by atoms with Crippen molar-refractivity contribution < 1.29 is 0 Å². The summed E-state index contributed by atoms with van der Waals surface area (Å²) in [5.41, 5.74) is 20.9. The van der Waals surface area contributed by atoms with Crippen molar-refractivity contribution in [2.75, 3.05) is 0 Å². The van der Waals surface area contributed by atoms with Crippen LogP contribution < -0.4 is 16.2 Å². The third kappa shape index (κ3) is 3.96. The lowest BCUT2D eigenvalue weighted by molar-refractivity contribution is 1.17. The van der Waals surface area contributed by atoms with E-state index in [0.29, 0.717) is 0 Å². The van der Waals surface area contributed by atoms with Gasteiger partial charge in [0.25, 0.3) is 0 Å². The number of nitrogens with zero attached hydrogens (tertiary/aromatic N) is 2. The second kappa shape index (κ2) is 10.8. The molecule has 52 heavy (non-hydrogen) atoms. The summed E-state index contributed by atoms with van der Waals surface area (Å²) in [6.07, 6.45) is 1.77. The average Bonchev–Trinajstić information content (AvgIpc) is 3.83. The van der Waals surface area contributed by atoms with Crippen molar-refractivity contribution >= 4 is 66.2 Å². The smallest absolute Gasteiger partial charge is 0.0547 e. The fraction of sp³-hybridized carbons (Fsp3) is 0.0204. The lowest BCUT2D eigenvalue weighted by atomic mass is 9.99. The fourth-order valence-corrected chi connectivity index (χ4v) is 8.98. The molecule has 0 aliphatic heterocycles. The molecule has 3 nitrogen and oxygen atoms in total. The molecule has 3 heteroatoms. The lowest BCUT2D eigenvalue weighted by Crippen LogP contribution is -2.28. The molecule has 0 saturated heterocycles. The standard InChI is InChI=1S/C49H33N3/c1-30-37-14-7-8-16-39(37)42-28-36(25-34(29-50)48(30)42)52-46-23-21-33(27-43(46)49-38-15-6-5-11-31(38)19-24-47(49)52)32-20-22-45-41(26-32)40-17-9-10-18-44(40)51(45)35-12-3-2-4-13-35/h2-29H,50H2,1H3/b34-29-. The van der Waals surface area contributed by atoms with E-state index in [9.17, 15) is 0 Å². The summed E-state index contributed by atoms with van der Waals surface area (Å²) in [7, 11) is 0. The summed E-state index contributed by atoms with van der Waals surface area (Å²) in [6, 6.07) is 59.9. The van der Waals surface area contributed by atoms with Gasteiger partial charge in [-0.15, -0.1) is 0 Å². The fourth-order valence-electron chi connectivity index (χ4n) is 8.98. The van der Waals surface area contributed by atoms with E-state index in [4.69, 9.17) is 5.73 Å². The summed E-state index contributed by atoms with van der Waals surface area (Å²) >= 11 is 0. The zero-order valence-corrected chi connectivity index (χ0v) is 28.6. The third-order valence-corrected chi connectivity index (χ3v) is 11.3. The zero-order chi connectivity index (χ0) is 34.5. The molecular formula is C49H33N3. The molecule has 2 aromatic heterocycles. The SMILES string of the molecule is CC1=c2c(cc(-n3c4ccc(-c5ccc6c(c5)c5ccccc5n6-c5ccccc5)cc4c4c5ccccc5ccc43)c/c2=C/N)-c2ccccc21. The van der Waals surface area contributed by atoms with E-state index in [1.807, 2.05) is 0 Å². The topological polar surface area (TPSA) is 35.9 Å². The Morgan fingerprint density at radius 2 is 1.06 bits per heavy atom. The highest BCUT2D eigenvalue weighted by Crippen LogP contribution is 2.41. The molecule has 0 atom stereocenters. The molecule has 0 bridgehead atoms. The first-order chi connectivity index (χ1) is 25.7. The van der Waals surface area contributed by atoms with Crippen molar-refractivity contribution in [3.8, 4) is 33.6 Å². The first-order valence-electron chi connectivity index (χ1n) is 17.9. The molecule has 0 fully saturated rings. The van der Waals surface area contributed by atoms with E-state index in [-0.39, 0.29) is 0 Å². The van der Waals surface area contributed by atoms with Gasteiger partial charge in [0.15, 0.2) is 0 Å². The van der Waals surface area contributed by atoms with Crippen LogP contribution in [0.3, 0.4) is 0 Å². The molecule has 2 N–H and O–H groups in total. The third-order valence-electron chi connectivity index (χ3n) is 11.3. The van der Waals surface area contributed by atoms with E-state index in [2.05, 4.69) is 180 Å². The van der Waals surface area contributed by atoms with Gasteiger partial charge >= 0.3 is 0 Å². The normalized spacial score (nSPS) is 12.9. The Balaban J connectivity index is 1.18. The zero-order valence-electron chi connectivity index (χ0n) is 28.6. The molecule has 0 amide bonds. The van der Waals surface area contributed by atoms with Crippen LogP contribution in [0.1, 0.15) is 12.5 Å². The number of hydrogen-bond acceptors (Lipinski definition) is 1. The van der Waals surface area contributed by atoms with Crippen molar-refractivity contribution in [2.45, 2.75) is 6.92 Å². The van der Waals surface area contributed by atoms with Crippen LogP contribution in [-0.4, -0.2) is 9.13 Å². The van der Waals surface area contributed by atoms with Crippen molar-refractivity contribution in [3.63, 3.8) is 0 Å². The van der Waals surface area contributed by atoms with Crippen molar-refractivity contribution in [1.82, 2.24) is 9.13 Å². The van der Waals surface area contributed by atoms with Crippen LogP contribution in [-0.2, 0) is 0 Å². The minimum atomic E-state index is 1.05. The number of nitrogens with two attached hydrogens (primary N) is 1. The molecule has 244 valence electrons. The molecule has 0 radical (unpaired) electrons. The quantitative estimate of drug-likeness (QED) is 0.201. The maximum Gasteiger partial charge on any atom is 0.0547 e. The molecule has 0 saturated carbocycles. The van der Waals surface area contributed by atoms with Crippen LogP contribution in [0.5, 0.6) is 0 Å². The maximum absolute atomic E-state index is 6.39. The Morgan fingerprint density at radius 1 is 0.442 bits per heavy atom. The van der Waals surface area contributed by atoms with E-state index in [1.165, 1.54) is 98.7 Å².